The highest BCUT2D eigenvalue weighted by molar-refractivity contribution is 7.88. The molecule has 1 aliphatic heterocycles. The zero-order valence-electron chi connectivity index (χ0n) is 11.1. The molecule has 1 aromatic carbocycles. The van der Waals surface area contributed by atoms with E-state index in [1.54, 1.807) is 28.6 Å². The Balaban J connectivity index is 2.03. The van der Waals surface area contributed by atoms with Crippen molar-refractivity contribution in [2.75, 3.05) is 33.2 Å². The average molecular weight is 284 g/mol. The van der Waals surface area contributed by atoms with Crippen molar-refractivity contribution < 1.29 is 13.5 Å². The number of sulfonamides is 1. The summed E-state index contributed by atoms with van der Waals surface area (Å²) in [5.41, 5.74) is 1.55. The zero-order chi connectivity index (χ0) is 13.9. The van der Waals surface area contributed by atoms with Gasteiger partial charge in [0.05, 0.1) is 12.4 Å². The number of benzene rings is 1. The van der Waals surface area contributed by atoms with E-state index in [2.05, 4.69) is 4.90 Å². The van der Waals surface area contributed by atoms with Crippen LogP contribution in [0.15, 0.2) is 24.3 Å². The van der Waals surface area contributed by atoms with E-state index < -0.39 is 10.0 Å². The Kier molecular flexibility index (Phi) is 4.57. The fourth-order valence-corrected chi connectivity index (χ4v) is 3.62. The van der Waals surface area contributed by atoms with Gasteiger partial charge in [-0.15, -0.1) is 0 Å². The van der Waals surface area contributed by atoms with Crippen LogP contribution in [0.3, 0.4) is 0 Å². The molecule has 0 radical (unpaired) electrons. The molecule has 1 N–H and O–H groups in total. The molecule has 0 saturated carbocycles. The lowest BCUT2D eigenvalue weighted by atomic mass is 10.2. The van der Waals surface area contributed by atoms with Crippen molar-refractivity contribution in [2.45, 2.75) is 12.4 Å². The lowest BCUT2D eigenvalue weighted by Gasteiger charge is -2.31. The van der Waals surface area contributed by atoms with Gasteiger partial charge < -0.3 is 10.0 Å². The molecule has 1 saturated heterocycles. The largest absolute Gasteiger partial charge is 0.392 e. The Morgan fingerprint density at radius 2 is 1.58 bits per heavy atom. The summed E-state index contributed by atoms with van der Waals surface area (Å²) in [6.45, 7) is 2.66. The molecule has 6 heteroatoms. The van der Waals surface area contributed by atoms with Gasteiger partial charge in [-0.2, -0.15) is 4.31 Å². The first-order valence-electron chi connectivity index (χ1n) is 6.36. The molecule has 0 aromatic heterocycles. The Hall–Kier alpha value is -0.950. The standard InChI is InChI=1S/C13H20N2O3S/c1-14-6-8-15(9-7-14)19(17,18)11-13-4-2-12(10-16)3-5-13/h2-5,16H,6-11H2,1H3. The van der Waals surface area contributed by atoms with Crippen LogP contribution < -0.4 is 0 Å². The number of nitrogens with zero attached hydrogens (tertiary/aromatic N) is 2. The van der Waals surface area contributed by atoms with Crippen LogP contribution in [0.4, 0.5) is 0 Å². The fraction of sp³-hybridized carbons (Fsp3) is 0.538. The first-order chi connectivity index (χ1) is 9.01. The van der Waals surface area contributed by atoms with Gasteiger partial charge in [-0.1, -0.05) is 24.3 Å². The first-order valence-corrected chi connectivity index (χ1v) is 7.97. The fourth-order valence-electron chi connectivity index (χ4n) is 2.11. The van der Waals surface area contributed by atoms with Crippen LogP contribution in [0.2, 0.25) is 0 Å². The van der Waals surface area contributed by atoms with Crippen molar-refractivity contribution in [3.8, 4) is 0 Å². The number of aliphatic hydroxyl groups is 1. The Labute approximate surface area is 114 Å². The number of hydrogen-bond acceptors (Lipinski definition) is 4. The summed E-state index contributed by atoms with van der Waals surface area (Å²) in [6, 6.07) is 7.04. The Morgan fingerprint density at radius 1 is 1.05 bits per heavy atom. The molecule has 106 valence electrons. The van der Waals surface area contributed by atoms with E-state index in [0.29, 0.717) is 13.1 Å². The van der Waals surface area contributed by atoms with Gasteiger partial charge >= 0.3 is 0 Å². The number of rotatable bonds is 4. The molecule has 0 atom stereocenters. The minimum Gasteiger partial charge on any atom is -0.392 e. The summed E-state index contributed by atoms with van der Waals surface area (Å²) >= 11 is 0. The van der Waals surface area contributed by atoms with Gasteiger partial charge in [0.15, 0.2) is 0 Å². The van der Waals surface area contributed by atoms with Crippen LogP contribution in [0.1, 0.15) is 11.1 Å². The Bertz CT molecular complexity index is 505. The summed E-state index contributed by atoms with van der Waals surface area (Å²) in [5, 5.41) is 8.96. The lowest BCUT2D eigenvalue weighted by molar-refractivity contribution is 0.222. The number of aliphatic hydroxyl groups excluding tert-OH is 1. The normalized spacial score (nSPS) is 18.6. The molecule has 1 aliphatic rings. The third-order valence-corrected chi connectivity index (χ3v) is 5.26. The molecule has 0 aliphatic carbocycles. The van der Waals surface area contributed by atoms with Crippen LogP contribution >= 0.6 is 0 Å². The van der Waals surface area contributed by atoms with Gasteiger partial charge in [0.2, 0.25) is 10.0 Å². The SMILES string of the molecule is CN1CCN(S(=O)(=O)Cc2ccc(CO)cc2)CC1. The van der Waals surface area contributed by atoms with Gasteiger partial charge in [-0.05, 0) is 18.2 Å². The quantitative estimate of drug-likeness (QED) is 0.861. The summed E-state index contributed by atoms with van der Waals surface area (Å²) < 4.78 is 26.1. The highest BCUT2D eigenvalue weighted by Gasteiger charge is 2.25. The van der Waals surface area contributed by atoms with Crippen LogP contribution in [0.5, 0.6) is 0 Å². The summed E-state index contributed by atoms with van der Waals surface area (Å²) in [4.78, 5) is 2.13. The first kappa shape index (κ1) is 14.5. The van der Waals surface area contributed by atoms with E-state index in [9.17, 15) is 8.42 Å². The van der Waals surface area contributed by atoms with E-state index in [-0.39, 0.29) is 12.4 Å². The zero-order valence-corrected chi connectivity index (χ0v) is 11.9. The summed E-state index contributed by atoms with van der Waals surface area (Å²) in [6.07, 6.45) is 0. The highest BCUT2D eigenvalue weighted by Crippen LogP contribution is 2.14. The van der Waals surface area contributed by atoms with Gasteiger partial charge in [0, 0.05) is 26.2 Å². The second kappa shape index (κ2) is 6.00. The van der Waals surface area contributed by atoms with Crippen molar-refractivity contribution in [3.05, 3.63) is 35.4 Å². The van der Waals surface area contributed by atoms with Crippen molar-refractivity contribution in [3.63, 3.8) is 0 Å². The second-order valence-corrected chi connectivity index (χ2v) is 6.90. The molecule has 1 heterocycles. The van der Waals surface area contributed by atoms with Crippen LogP contribution in [0.25, 0.3) is 0 Å². The minimum absolute atomic E-state index is 0.0223. The van der Waals surface area contributed by atoms with Gasteiger partial charge in [0.25, 0.3) is 0 Å². The van der Waals surface area contributed by atoms with Crippen LogP contribution in [-0.2, 0) is 22.4 Å². The van der Waals surface area contributed by atoms with Gasteiger partial charge in [-0.25, -0.2) is 8.42 Å². The molecule has 0 spiro atoms. The Morgan fingerprint density at radius 3 is 2.11 bits per heavy atom. The lowest BCUT2D eigenvalue weighted by Crippen LogP contribution is -2.47. The van der Waals surface area contributed by atoms with E-state index in [0.717, 1.165) is 24.2 Å². The highest BCUT2D eigenvalue weighted by atomic mass is 32.2. The summed E-state index contributed by atoms with van der Waals surface area (Å²) in [5.74, 6) is 0.0302. The number of likely N-dealkylation sites (N-methyl/N-ethyl adjacent to an activating group) is 1. The predicted molar refractivity (Wildman–Crippen MR) is 74.1 cm³/mol. The van der Waals surface area contributed by atoms with Crippen LogP contribution in [-0.4, -0.2) is 56.0 Å². The van der Waals surface area contributed by atoms with E-state index in [1.165, 1.54) is 0 Å². The molecule has 2 rings (SSSR count). The van der Waals surface area contributed by atoms with Gasteiger partial charge in [0.1, 0.15) is 0 Å². The smallest absolute Gasteiger partial charge is 0.218 e. The van der Waals surface area contributed by atoms with Crippen molar-refractivity contribution in [2.24, 2.45) is 0 Å². The third-order valence-electron chi connectivity index (χ3n) is 3.41. The molecular formula is C13H20N2O3S. The minimum atomic E-state index is -3.24. The van der Waals surface area contributed by atoms with E-state index in [1.807, 2.05) is 7.05 Å². The maximum Gasteiger partial charge on any atom is 0.218 e. The molecular weight excluding hydrogens is 264 g/mol. The van der Waals surface area contributed by atoms with Crippen LogP contribution in [0, 0.1) is 0 Å². The predicted octanol–water partition coefficient (Wildman–Crippen LogP) is 0.256. The average Bonchev–Trinajstić information content (AvgIpc) is 2.40. The van der Waals surface area contributed by atoms with Crippen molar-refractivity contribution in [1.82, 2.24) is 9.21 Å². The molecule has 0 bridgehead atoms. The molecule has 19 heavy (non-hydrogen) atoms. The number of hydrogen-bond donors (Lipinski definition) is 1. The summed E-state index contributed by atoms with van der Waals surface area (Å²) in [7, 11) is -1.24. The van der Waals surface area contributed by atoms with E-state index in [4.69, 9.17) is 5.11 Å². The molecule has 1 fully saturated rings. The maximum absolute atomic E-state index is 12.3. The van der Waals surface area contributed by atoms with E-state index >= 15 is 0 Å². The monoisotopic (exact) mass is 284 g/mol. The second-order valence-electron chi connectivity index (χ2n) is 4.93. The van der Waals surface area contributed by atoms with Crippen molar-refractivity contribution in [1.29, 1.82) is 0 Å². The van der Waals surface area contributed by atoms with Crippen molar-refractivity contribution >= 4 is 10.0 Å². The molecule has 5 nitrogen and oxygen atoms in total. The molecule has 1 aromatic rings. The number of piperazine rings is 1. The third kappa shape index (κ3) is 3.76. The van der Waals surface area contributed by atoms with Gasteiger partial charge in [-0.3, -0.25) is 0 Å². The topological polar surface area (TPSA) is 60.9 Å². The molecule has 0 amide bonds. The molecule has 0 unspecified atom stereocenters. The maximum atomic E-state index is 12.3.